The lowest BCUT2D eigenvalue weighted by Crippen LogP contribution is -2.39. The third-order valence-corrected chi connectivity index (χ3v) is 2.52. The van der Waals surface area contributed by atoms with Crippen molar-refractivity contribution in [2.24, 2.45) is 5.73 Å². The van der Waals surface area contributed by atoms with E-state index in [9.17, 15) is 9.59 Å². The van der Waals surface area contributed by atoms with Gasteiger partial charge in [-0.3, -0.25) is 9.59 Å². The second kappa shape index (κ2) is 5.11. The van der Waals surface area contributed by atoms with E-state index in [0.717, 1.165) is 0 Å². The molecule has 1 atom stereocenters. The van der Waals surface area contributed by atoms with Gasteiger partial charge in [0.1, 0.15) is 0 Å². The summed E-state index contributed by atoms with van der Waals surface area (Å²) in [7, 11) is 0. The highest BCUT2D eigenvalue weighted by Gasteiger charge is 2.31. The molecule has 1 aliphatic rings. The lowest BCUT2D eigenvalue weighted by Gasteiger charge is -2.21. The van der Waals surface area contributed by atoms with Gasteiger partial charge in [0.15, 0.2) is 0 Å². The zero-order chi connectivity index (χ0) is 11.4. The van der Waals surface area contributed by atoms with Crippen LogP contribution in [0.2, 0.25) is 0 Å². The Balaban J connectivity index is 2.41. The maximum absolute atomic E-state index is 11.5. The maximum atomic E-state index is 11.5. The van der Waals surface area contributed by atoms with Crippen molar-refractivity contribution in [3.8, 4) is 0 Å². The van der Waals surface area contributed by atoms with Gasteiger partial charge in [0, 0.05) is 32.0 Å². The van der Waals surface area contributed by atoms with E-state index in [1.54, 1.807) is 4.90 Å². The highest BCUT2D eigenvalue weighted by atomic mass is 16.2. The smallest absolute Gasteiger partial charge is 0.225 e. The first-order valence-corrected chi connectivity index (χ1v) is 5.33. The monoisotopic (exact) mass is 213 g/mol. The maximum Gasteiger partial charge on any atom is 0.225 e. The summed E-state index contributed by atoms with van der Waals surface area (Å²) < 4.78 is 0. The van der Waals surface area contributed by atoms with Crippen LogP contribution >= 0.6 is 0 Å². The summed E-state index contributed by atoms with van der Waals surface area (Å²) in [5.41, 5.74) is 5.27. The average Bonchev–Trinajstić information content (AvgIpc) is 2.47. The van der Waals surface area contributed by atoms with E-state index in [1.165, 1.54) is 0 Å². The van der Waals surface area contributed by atoms with Crippen LogP contribution in [0.25, 0.3) is 0 Å². The number of hydrogen-bond donors (Lipinski definition) is 2. The van der Waals surface area contributed by atoms with Crippen molar-refractivity contribution in [1.82, 2.24) is 10.2 Å². The molecule has 0 saturated carbocycles. The molecule has 15 heavy (non-hydrogen) atoms. The second-order valence-electron chi connectivity index (χ2n) is 4.15. The minimum Gasteiger partial charge on any atom is -0.351 e. The molecule has 2 amide bonds. The SMILES string of the molecule is CC(C)N1CC(NC(=O)CCN)CC1=O. The van der Waals surface area contributed by atoms with Gasteiger partial charge in [-0.2, -0.15) is 0 Å². The van der Waals surface area contributed by atoms with Crippen LogP contribution in [0.15, 0.2) is 0 Å². The zero-order valence-corrected chi connectivity index (χ0v) is 9.32. The summed E-state index contributed by atoms with van der Waals surface area (Å²) in [6.07, 6.45) is 0.737. The number of carbonyl (C=O) groups is 2. The molecule has 1 heterocycles. The van der Waals surface area contributed by atoms with Gasteiger partial charge in [-0.1, -0.05) is 0 Å². The Labute approximate surface area is 90.0 Å². The fourth-order valence-corrected chi connectivity index (χ4v) is 1.76. The van der Waals surface area contributed by atoms with E-state index in [-0.39, 0.29) is 23.9 Å². The summed E-state index contributed by atoms with van der Waals surface area (Å²) in [5, 5.41) is 2.81. The van der Waals surface area contributed by atoms with Gasteiger partial charge in [0.05, 0.1) is 6.04 Å². The largest absolute Gasteiger partial charge is 0.351 e. The molecule has 0 aromatic heterocycles. The fraction of sp³-hybridized carbons (Fsp3) is 0.800. The van der Waals surface area contributed by atoms with Crippen LogP contribution < -0.4 is 11.1 Å². The highest BCUT2D eigenvalue weighted by molar-refractivity contribution is 5.82. The van der Waals surface area contributed by atoms with Crippen LogP contribution in [0.4, 0.5) is 0 Å². The molecule has 86 valence electrons. The predicted molar refractivity (Wildman–Crippen MR) is 57.1 cm³/mol. The van der Waals surface area contributed by atoms with Crippen LogP contribution in [-0.2, 0) is 9.59 Å². The standard InChI is InChI=1S/C10H19N3O2/c1-7(2)13-6-8(5-10(13)15)12-9(14)3-4-11/h7-8H,3-6,11H2,1-2H3,(H,12,14). The van der Waals surface area contributed by atoms with Crippen molar-refractivity contribution >= 4 is 11.8 Å². The molecule has 0 spiro atoms. The predicted octanol–water partition coefficient (Wildman–Crippen LogP) is -0.539. The van der Waals surface area contributed by atoms with Crippen molar-refractivity contribution in [2.45, 2.75) is 38.8 Å². The number of hydrogen-bond acceptors (Lipinski definition) is 3. The number of nitrogens with one attached hydrogen (secondary N) is 1. The minimum atomic E-state index is -0.0686. The molecule has 1 aliphatic heterocycles. The molecule has 1 rings (SSSR count). The quantitative estimate of drug-likeness (QED) is 0.658. The van der Waals surface area contributed by atoms with E-state index in [4.69, 9.17) is 5.73 Å². The number of amides is 2. The Bertz CT molecular complexity index is 253. The van der Waals surface area contributed by atoms with Crippen molar-refractivity contribution in [2.75, 3.05) is 13.1 Å². The highest BCUT2D eigenvalue weighted by Crippen LogP contribution is 2.14. The van der Waals surface area contributed by atoms with E-state index < -0.39 is 0 Å². The van der Waals surface area contributed by atoms with Crippen molar-refractivity contribution in [1.29, 1.82) is 0 Å². The molecule has 3 N–H and O–H groups in total. The van der Waals surface area contributed by atoms with Crippen LogP contribution in [0.5, 0.6) is 0 Å². The second-order valence-corrected chi connectivity index (χ2v) is 4.15. The molecule has 1 unspecified atom stereocenters. The number of likely N-dealkylation sites (tertiary alicyclic amines) is 1. The summed E-state index contributed by atoms with van der Waals surface area (Å²) in [6.45, 7) is 4.91. The number of nitrogens with two attached hydrogens (primary N) is 1. The lowest BCUT2D eigenvalue weighted by molar-refractivity contribution is -0.129. The number of rotatable bonds is 4. The molecular formula is C10H19N3O2. The van der Waals surface area contributed by atoms with Gasteiger partial charge in [0.25, 0.3) is 0 Å². The molecule has 0 bridgehead atoms. The molecule has 5 heteroatoms. The van der Waals surface area contributed by atoms with Gasteiger partial charge >= 0.3 is 0 Å². The van der Waals surface area contributed by atoms with Crippen molar-refractivity contribution in [3.63, 3.8) is 0 Å². The van der Waals surface area contributed by atoms with Gasteiger partial charge in [-0.05, 0) is 13.8 Å². The number of carbonyl (C=O) groups excluding carboxylic acids is 2. The third-order valence-electron chi connectivity index (χ3n) is 2.52. The Morgan fingerprint density at radius 2 is 2.33 bits per heavy atom. The lowest BCUT2D eigenvalue weighted by atomic mass is 10.2. The van der Waals surface area contributed by atoms with Gasteiger partial charge < -0.3 is 16.0 Å². The van der Waals surface area contributed by atoms with Gasteiger partial charge in [-0.15, -0.1) is 0 Å². The first kappa shape index (κ1) is 12.0. The molecule has 0 aliphatic carbocycles. The molecule has 1 fully saturated rings. The Kier molecular flexibility index (Phi) is 4.08. The Morgan fingerprint density at radius 3 is 2.80 bits per heavy atom. The summed E-state index contributed by atoms with van der Waals surface area (Å²) >= 11 is 0. The average molecular weight is 213 g/mol. The molecule has 1 saturated heterocycles. The Hall–Kier alpha value is -1.10. The normalized spacial score (nSPS) is 21.2. The summed E-state index contributed by atoms with van der Waals surface area (Å²) in [5.74, 6) is 0.0453. The third kappa shape index (κ3) is 3.20. The Morgan fingerprint density at radius 1 is 1.67 bits per heavy atom. The first-order chi connectivity index (χ1) is 7.04. The van der Waals surface area contributed by atoms with Crippen LogP contribution in [0.1, 0.15) is 26.7 Å². The van der Waals surface area contributed by atoms with E-state index in [1.807, 2.05) is 13.8 Å². The molecule has 0 aromatic carbocycles. The topological polar surface area (TPSA) is 75.4 Å². The van der Waals surface area contributed by atoms with Crippen LogP contribution in [0.3, 0.4) is 0 Å². The number of nitrogens with zero attached hydrogens (tertiary/aromatic N) is 1. The molecular weight excluding hydrogens is 194 g/mol. The van der Waals surface area contributed by atoms with Gasteiger partial charge in [0.2, 0.25) is 11.8 Å². The van der Waals surface area contributed by atoms with E-state index >= 15 is 0 Å². The minimum absolute atomic E-state index is 0.0426. The van der Waals surface area contributed by atoms with E-state index in [0.29, 0.717) is 25.9 Å². The summed E-state index contributed by atoms with van der Waals surface area (Å²) in [6, 6.07) is 0.160. The molecule has 0 radical (unpaired) electrons. The van der Waals surface area contributed by atoms with Crippen molar-refractivity contribution in [3.05, 3.63) is 0 Å². The van der Waals surface area contributed by atoms with E-state index in [2.05, 4.69) is 5.32 Å². The van der Waals surface area contributed by atoms with Gasteiger partial charge in [-0.25, -0.2) is 0 Å². The fourth-order valence-electron chi connectivity index (χ4n) is 1.76. The van der Waals surface area contributed by atoms with Crippen molar-refractivity contribution < 1.29 is 9.59 Å². The summed E-state index contributed by atoms with van der Waals surface area (Å²) in [4.78, 5) is 24.6. The zero-order valence-electron chi connectivity index (χ0n) is 9.32. The van der Waals surface area contributed by atoms with Crippen LogP contribution in [0, 0.1) is 0 Å². The molecule has 5 nitrogen and oxygen atoms in total. The van der Waals surface area contributed by atoms with Crippen LogP contribution in [-0.4, -0.2) is 41.9 Å². The first-order valence-electron chi connectivity index (χ1n) is 5.33. The molecule has 0 aromatic rings.